The summed E-state index contributed by atoms with van der Waals surface area (Å²) >= 11 is 7.45. The molecule has 0 radical (unpaired) electrons. The van der Waals surface area contributed by atoms with E-state index >= 15 is 0 Å². The van der Waals surface area contributed by atoms with Crippen molar-refractivity contribution in [3.63, 3.8) is 0 Å². The number of thiazole rings is 1. The zero-order valence-corrected chi connectivity index (χ0v) is 17.7. The lowest BCUT2D eigenvalue weighted by molar-refractivity contribution is 0.0378. The summed E-state index contributed by atoms with van der Waals surface area (Å²) in [6, 6.07) is 15.6. The first-order valence-electron chi connectivity index (χ1n) is 9.18. The smallest absolute Gasteiger partial charge is 0.338 e. The molecule has 1 N–H and O–H groups in total. The molecule has 2 aromatic carbocycles. The molecule has 4 aromatic rings. The van der Waals surface area contributed by atoms with Crippen molar-refractivity contribution in [2.45, 2.75) is 20.0 Å². The number of aromatic nitrogens is 1. The molecule has 0 aliphatic rings. The predicted molar refractivity (Wildman–Crippen MR) is 117 cm³/mol. The molecule has 8 heteroatoms. The number of rotatable bonds is 5. The van der Waals surface area contributed by atoms with Gasteiger partial charge in [-0.1, -0.05) is 35.1 Å². The molecule has 0 unspecified atom stereocenters. The van der Waals surface area contributed by atoms with Gasteiger partial charge in [-0.3, -0.25) is 10.1 Å². The third-order valence-corrected chi connectivity index (χ3v) is 5.42. The zero-order chi connectivity index (χ0) is 21.3. The number of amides is 1. The van der Waals surface area contributed by atoms with Gasteiger partial charge in [-0.15, -0.1) is 0 Å². The van der Waals surface area contributed by atoms with Gasteiger partial charge in [0.1, 0.15) is 5.76 Å². The van der Waals surface area contributed by atoms with E-state index in [0.717, 1.165) is 4.70 Å². The maximum atomic E-state index is 12.6. The Balaban J connectivity index is 1.52. The Morgan fingerprint density at radius 1 is 1.13 bits per heavy atom. The summed E-state index contributed by atoms with van der Waals surface area (Å²) < 4.78 is 11.6. The van der Waals surface area contributed by atoms with E-state index in [1.165, 1.54) is 11.3 Å². The second kappa shape index (κ2) is 8.30. The van der Waals surface area contributed by atoms with Crippen molar-refractivity contribution in [2.75, 3.05) is 5.32 Å². The van der Waals surface area contributed by atoms with Crippen LogP contribution in [0.5, 0.6) is 0 Å². The molecule has 0 aliphatic carbocycles. The summed E-state index contributed by atoms with van der Waals surface area (Å²) in [5.74, 6) is -0.172. The predicted octanol–water partition coefficient (Wildman–Crippen LogP) is 6.03. The van der Waals surface area contributed by atoms with Crippen LogP contribution in [0.2, 0.25) is 5.02 Å². The highest BCUT2D eigenvalue weighted by Gasteiger charge is 2.17. The molecule has 0 saturated carbocycles. The molecule has 0 spiro atoms. The van der Waals surface area contributed by atoms with Crippen molar-refractivity contribution in [2.24, 2.45) is 0 Å². The number of esters is 1. The Morgan fingerprint density at radius 3 is 2.70 bits per heavy atom. The summed E-state index contributed by atoms with van der Waals surface area (Å²) in [6.45, 7) is 3.59. The normalized spacial score (nSPS) is 11.1. The second-order valence-electron chi connectivity index (χ2n) is 6.75. The number of ether oxygens (including phenoxy) is 1. The molecule has 0 bridgehead atoms. The number of fused-ring (bicyclic) bond motifs is 1. The number of hydrogen-bond donors (Lipinski definition) is 1. The fourth-order valence-corrected chi connectivity index (χ4v) is 3.94. The molecule has 2 heterocycles. The van der Waals surface area contributed by atoms with Gasteiger partial charge in [0, 0.05) is 5.56 Å². The van der Waals surface area contributed by atoms with Gasteiger partial charge < -0.3 is 9.15 Å². The molecule has 0 aliphatic heterocycles. The number of carbonyl (C=O) groups excluding carboxylic acids is 2. The highest BCUT2D eigenvalue weighted by molar-refractivity contribution is 7.22. The molecule has 152 valence electrons. The molecule has 0 fully saturated rings. The van der Waals surface area contributed by atoms with Crippen LogP contribution in [0.3, 0.4) is 0 Å². The molecule has 1 amide bonds. The highest BCUT2D eigenvalue weighted by atomic mass is 35.5. The lowest BCUT2D eigenvalue weighted by Crippen LogP contribution is -2.11. The monoisotopic (exact) mass is 440 g/mol. The van der Waals surface area contributed by atoms with Crippen LogP contribution in [0, 0.1) is 0 Å². The van der Waals surface area contributed by atoms with Crippen LogP contribution >= 0.6 is 22.9 Å². The molecule has 4 rings (SSSR count). The Morgan fingerprint density at radius 2 is 1.93 bits per heavy atom. The number of hydrogen-bond acceptors (Lipinski definition) is 6. The average Bonchev–Trinajstić information content (AvgIpc) is 3.34. The summed E-state index contributed by atoms with van der Waals surface area (Å²) in [6.07, 6.45) is -0.200. The van der Waals surface area contributed by atoms with Crippen molar-refractivity contribution >= 4 is 50.2 Å². The van der Waals surface area contributed by atoms with E-state index in [1.54, 1.807) is 50.2 Å². The van der Waals surface area contributed by atoms with E-state index in [-0.39, 0.29) is 11.9 Å². The fourth-order valence-electron chi connectivity index (χ4n) is 2.81. The van der Waals surface area contributed by atoms with E-state index in [4.69, 9.17) is 20.8 Å². The number of carbonyl (C=O) groups is 2. The quantitative estimate of drug-likeness (QED) is 0.383. The lowest BCUT2D eigenvalue weighted by atomic mass is 10.2. The third-order valence-electron chi connectivity index (χ3n) is 4.16. The van der Waals surface area contributed by atoms with E-state index in [0.29, 0.717) is 32.6 Å². The first-order valence-corrected chi connectivity index (χ1v) is 10.4. The third kappa shape index (κ3) is 4.22. The number of halogens is 1. The van der Waals surface area contributed by atoms with Crippen molar-refractivity contribution in [3.8, 4) is 11.3 Å². The maximum absolute atomic E-state index is 12.6. The van der Waals surface area contributed by atoms with Gasteiger partial charge in [-0.2, -0.15) is 0 Å². The molecule has 0 saturated heterocycles. The van der Waals surface area contributed by atoms with Gasteiger partial charge in [0.2, 0.25) is 0 Å². The molecule has 0 atom stereocenters. The van der Waals surface area contributed by atoms with Crippen LogP contribution in [-0.2, 0) is 4.74 Å². The van der Waals surface area contributed by atoms with Crippen LogP contribution in [0.15, 0.2) is 59.0 Å². The molecular formula is C22H17ClN2O4S. The standard InChI is InChI=1S/C22H17ClN2O4S/c1-12(2)28-21(27)13-7-8-16-19(11-13)30-22(24-16)25-20(26)18-10-9-17(29-18)14-5-3-4-6-15(14)23/h3-12H,1-2H3,(H,24,25,26). The summed E-state index contributed by atoms with van der Waals surface area (Å²) in [5.41, 5.74) is 1.82. The molecule has 6 nitrogen and oxygen atoms in total. The maximum Gasteiger partial charge on any atom is 0.338 e. The number of anilines is 1. The van der Waals surface area contributed by atoms with Crippen LogP contribution < -0.4 is 5.32 Å². The Labute approximate surface area is 181 Å². The molecule has 2 aromatic heterocycles. The second-order valence-corrected chi connectivity index (χ2v) is 8.19. The topological polar surface area (TPSA) is 81.4 Å². The fraction of sp³-hybridized carbons (Fsp3) is 0.136. The van der Waals surface area contributed by atoms with E-state index in [1.807, 2.05) is 18.2 Å². The average molecular weight is 441 g/mol. The number of nitrogens with zero attached hydrogens (tertiary/aromatic N) is 1. The van der Waals surface area contributed by atoms with Crippen LogP contribution in [0.25, 0.3) is 21.5 Å². The summed E-state index contributed by atoms with van der Waals surface area (Å²) in [5, 5.41) is 3.68. The van der Waals surface area contributed by atoms with Crippen LogP contribution in [0.1, 0.15) is 34.8 Å². The minimum atomic E-state index is -0.424. The molecular weight excluding hydrogens is 424 g/mol. The van der Waals surface area contributed by atoms with Crippen molar-refractivity contribution in [1.29, 1.82) is 0 Å². The van der Waals surface area contributed by atoms with Crippen molar-refractivity contribution in [3.05, 3.63) is 70.9 Å². The zero-order valence-electron chi connectivity index (χ0n) is 16.1. The lowest BCUT2D eigenvalue weighted by Gasteiger charge is -2.07. The Kier molecular flexibility index (Phi) is 5.57. The van der Waals surface area contributed by atoms with Gasteiger partial charge in [-0.05, 0) is 56.3 Å². The Hall–Kier alpha value is -3.16. The first-order chi connectivity index (χ1) is 14.4. The Bertz CT molecular complexity index is 1240. The highest BCUT2D eigenvalue weighted by Crippen LogP contribution is 2.30. The minimum absolute atomic E-state index is 0.144. The number of benzene rings is 2. The van der Waals surface area contributed by atoms with E-state index in [2.05, 4.69) is 10.3 Å². The first kappa shape index (κ1) is 20.1. The van der Waals surface area contributed by atoms with E-state index in [9.17, 15) is 9.59 Å². The van der Waals surface area contributed by atoms with Crippen LogP contribution in [-0.4, -0.2) is 23.0 Å². The summed E-state index contributed by atoms with van der Waals surface area (Å²) in [4.78, 5) is 29.0. The molecule has 30 heavy (non-hydrogen) atoms. The van der Waals surface area contributed by atoms with Crippen molar-refractivity contribution in [1.82, 2.24) is 4.98 Å². The van der Waals surface area contributed by atoms with Crippen molar-refractivity contribution < 1.29 is 18.7 Å². The van der Waals surface area contributed by atoms with Gasteiger partial charge in [0.15, 0.2) is 10.9 Å². The minimum Gasteiger partial charge on any atom is -0.459 e. The van der Waals surface area contributed by atoms with Gasteiger partial charge in [-0.25, -0.2) is 9.78 Å². The number of furan rings is 1. The summed E-state index contributed by atoms with van der Waals surface area (Å²) in [7, 11) is 0. The number of nitrogens with one attached hydrogen (secondary N) is 1. The largest absolute Gasteiger partial charge is 0.459 e. The van der Waals surface area contributed by atoms with Crippen LogP contribution in [0.4, 0.5) is 5.13 Å². The van der Waals surface area contributed by atoms with E-state index < -0.39 is 11.9 Å². The van der Waals surface area contributed by atoms with Gasteiger partial charge >= 0.3 is 5.97 Å². The van der Waals surface area contributed by atoms with Gasteiger partial charge in [0.05, 0.1) is 26.9 Å². The SMILES string of the molecule is CC(C)OC(=O)c1ccc2nc(NC(=O)c3ccc(-c4ccccc4Cl)o3)sc2c1. The van der Waals surface area contributed by atoms with Gasteiger partial charge in [0.25, 0.3) is 5.91 Å².